The number of nitrogen functional groups attached to an aromatic ring is 1. The summed E-state index contributed by atoms with van der Waals surface area (Å²) in [7, 11) is 0. The van der Waals surface area contributed by atoms with E-state index >= 15 is 0 Å². The Hall–Kier alpha value is -1.71. The molecule has 0 radical (unpaired) electrons. The van der Waals surface area contributed by atoms with Crippen LogP contribution in [-0.4, -0.2) is 9.55 Å². The van der Waals surface area contributed by atoms with Crippen LogP contribution in [-0.2, 0) is 13.0 Å². The molecule has 80 valence electrons. The molecule has 2 aromatic rings. The Labute approximate surface area is 88.7 Å². The van der Waals surface area contributed by atoms with Crippen LogP contribution in [0.5, 0.6) is 0 Å². The molecule has 0 saturated carbocycles. The van der Waals surface area contributed by atoms with Gasteiger partial charge in [-0.15, -0.1) is 0 Å². The lowest BCUT2D eigenvalue weighted by Gasteiger charge is -2.04. The van der Waals surface area contributed by atoms with Crippen LogP contribution in [0.15, 0.2) is 22.7 Å². The molecule has 0 atom stereocenters. The fraction of sp³-hybridized carbons (Fsp3) is 0.364. The van der Waals surface area contributed by atoms with Crippen molar-refractivity contribution in [2.45, 2.75) is 26.8 Å². The van der Waals surface area contributed by atoms with Gasteiger partial charge in [-0.2, -0.15) is 0 Å². The Morgan fingerprint density at radius 1 is 1.40 bits per heavy atom. The molecule has 2 N–H and O–H groups in total. The largest absolute Gasteiger partial charge is 0.464 e. The predicted molar refractivity (Wildman–Crippen MR) is 58.6 cm³/mol. The molecule has 0 unspecified atom stereocenters. The predicted octanol–water partition coefficient (Wildman–Crippen LogP) is 1.98. The van der Waals surface area contributed by atoms with Crippen molar-refractivity contribution in [1.29, 1.82) is 0 Å². The van der Waals surface area contributed by atoms with Crippen LogP contribution in [0.25, 0.3) is 0 Å². The molecule has 4 nitrogen and oxygen atoms in total. The lowest BCUT2D eigenvalue weighted by molar-refractivity contribution is 0.457. The van der Waals surface area contributed by atoms with E-state index in [4.69, 9.17) is 10.2 Å². The number of hydrogen-bond acceptors (Lipinski definition) is 3. The number of nitrogens with two attached hydrogens (primary N) is 1. The Bertz CT molecular complexity index is 437. The fourth-order valence-corrected chi connectivity index (χ4v) is 1.54. The monoisotopic (exact) mass is 205 g/mol. The summed E-state index contributed by atoms with van der Waals surface area (Å²) in [6.45, 7) is 4.70. The first-order valence-electron chi connectivity index (χ1n) is 5.06. The van der Waals surface area contributed by atoms with Gasteiger partial charge in [0.05, 0.1) is 12.7 Å². The zero-order valence-electron chi connectivity index (χ0n) is 9.03. The van der Waals surface area contributed by atoms with Crippen molar-refractivity contribution < 1.29 is 4.42 Å². The molecule has 15 heavy (non-hydrogen) atoms. The lowest BCUT2D eigenvalue weighted by Crippen LogP contribution is -2.05. The van der Waals surface area contributed by atoms with Gasteiger partial charge in [-0.25, -0.2) is 4.98 Å². The molecule has 2 aromatic heterocycles. The van der Waals surface area contributed by atoms with Crippen LogP contribution >= 0.6 is 0 Å². The van der Waals surface area contributed by atoms with Gasteiger partial charge in [0.1, 0.15) is 11.5 Å². The highest BCUT2D eigenvalue weighted by Crippen LogP contribution is 2.13. The van der Waals surface area contributed by atoms with Gasteiger partial charge in [-0.1, -0.05) is 6.92 Å². The first-order valence-corrected chi connectivity index (χ1v) is 5.06. The van der Waals surface area contributed by atoms with Crippen molar-refractivity contribution in [3.05, 3.63) is 35.5 Å². The minimum absolute atomic E-state index is 0.530. The van der Waals surface area contributed by atoms with Gasteiger partial charge in [0.15, 0.2) is 0 Å². The maximum Gasteiger partial charge on any atom is 0.200 e. The molecular weight excluding hydrogens is 190 g/mol. The SMILES string of the molecule is CCc1ccc(Cn2c(C)cnc2N)o1. The van der Waals surface area contributed by atoms with Gasteiger partial charge in [-0.05, 0) is 19.1 Å². The van der Waals surface area contributed by atoms with E-state index in [0.29, 0.717) is 12.5 Å². The molecule has 2 heterocycles. The molecule has 0 aliphatic carbocycles. The Morgan fingerprint density at radius 3 is 2.67 bits per heavy atom. The Balaban J connectivity index is 2.21. The number of imidazole rings is 1. The standard InChI is InChI=1S/C11H15N3O/c1-3-9-4-5-10(15-9)7-14-8(2)6-13-11(14)12/h4-6H,3,7H2,1-2H3,(H2,12,13). The molecule has 0 amide bonds. The van der Waals surface area contributed by atoms with Crippen LogP contribution in [0, 0.1) is 6.92 Å². The van der Waals surface area contributed by atoms with E-state index in [9.17, 15) is 0 Å². The van der Waals surface area contributed by atoms with Gasteiger partial charge in [-0.3, -0.25) is 0 Å². The average molecular weight is 205 g/mol. The van der Waals surface area contributed by atoms with E-state index in [1.165, 1.54) is 0 Å². The molecule has 4 heteroatoms. The molecule has 0 aromatic carbocycles. The highest BCUT2D eigenvalue weighted by Gasteiger charge is 2.06. The van der Waals surface area contributed by atoms with Gasteiger partial charge in [0.2, 0.25) is 5.95 Å². The molecule has 0 spiro atoms. The summed E-state index contributed by atoms with van der Waals surface area (Å²) >= 11 is 0. The maximum atomic E-state index is 5.74. The second-order valence-corrected chi connectivity index (χ2v) is 3.57. The van der Waals surface area contributed by atoms with Crippen LogP contribution in [0.1, 0.15) is 24.1 Å². The summed E-state index contributed by atoms with van der Waals surface area (Å²) in [5.41, 5.74) is 6.78. The van der Waals surface area contributed by atoms with Gasteiger partial charge in [0.25, 0.3) is 0 Å². The second kappa shape index (κ2) is 3.81. The molecule has 0 saturated heterocycles. The second-order valence-electron chi connectivity index (χ2n) is 3.57. The van der Waals surface area contributed by atoms with Crippen LogP contribution in [0.4, 0.5) is 5.95 Å². The number of aromatic nitrogens is 2. The number of hydrogen-bond donors (Lipinski definition) is 1. The summed E-state index contributed by atoms with van der Waals surface area (Å²) in [5.74, 6) is 2.45. The summed E-state index contributed by atoms with van der Waals surface area (Å²) < 4.78 is 7.54. The first kappa shape index (κ1) is 9.83. The normalized spacial score (nSPS) is 10.8. The lowest BCUT2D eigenvalue weighted by atomic mass is 10.3. The fourth-order valence-electron chi connectivity index (χ4n) is 1.54. The highest BCUT2D eigenvalue weighted by molar-refractivity contribution is 5.23. The van der Waals surface area contributed by atoms with Crippen molar-refractivity contribution in [2.75, 3.05) is 5.73 Å². The number of anilines is 1. The number of furan rings is 1. The topological polar surface area (TPSA) is 57.0 Å². The quantitative estimate of drug-likeness (QED) is 0.833. The van der Waals surface area contributed by atoms with Crippen molar-refractivity contribution in [1.82, 2.24) is 9.55 Å². The number of aryl methyl sites for hydroxylation is 2. The van der Waals surface area contributed by atoms with Crippen LogP contribution < -0.4 is 5.73 Å². The number of rotatable bonds is 3. The molecule has 2 rings (SSSR count). The highest BCUT2D eigenvalue weighted by atomic mass is 16.3. The Morgan fingerprint density at radius 2 is 2.13 bits per heavy atom. The van der Waals surface area contributed by atoms with Crippen molar-refractivity contribution in [3.8, 4) is 0 Å². The van der Waals surface area contributed by atoms with E-state index in [1.54, 1.807) is 6.20 Å². The van der Waals surface area contributed by atoms with Gasteiger partial charge < -0.3 is 14.7 Å². The zero-order valence-corrected chi connectivity index (χ0v) is 9.03. The third-order valence-electron chi connectivity index (χ3n) is 2.47. The zero-order chi connectivity index (χ0) is 10.8. The van der Waals surface area contributed by atoms with Crippen molar-refractivity contribution in [3.63, 3.8) is 0 Å². The van der Waals surface area contributed by atoms with Crippen molar-refractivity contribution in [2.24, 2.45) is 0 Å². The van der Waals surface area contributed by atoms with E-state index in [2.05, 4.69) is 11.9 Å². The molecule has 0 aliphatic rings. The third-order valence-corrected chi connectivity index (χ3v) is 2.47. The van der Waals surface area contributed by atoms with E-state index in [0.717, 1.165) is 23.6 Å². The van der Waals surface area contributed by atoms with Crippen molar-refractivity contribution >= 4 is 5.95 Å². The van der Waals surface area contributed by atoms with Crippen LogP contribution in [0.2, 0.25) is 0 Å². The van der Waals surface area contributed by atoms with E-state index in [1.807, 2.05) is 23.6 Å². The summed E-state index contributed by atoms with van der Waals surface area (Å²) in [6, 6.07) is 3.98. The molecular formula is C11H15N3O. The maximum absolute atomic E-state index is 5.74. The number of nitrogens with zero attached hydrogens (tertiary/aromatic N) is 2. The summed E-state index contributed by atoms with van der Waals surface area (Å²) in [5, 5.41) is 0. The molecule has 0 aliphatic heterocycles. The minimum Gasteiger partial charge on any atom is -0.464 e. The van der Waals surface area contributed by atoms with Gasteiger partial charge in [0, 0.05) is 12.1 Å². The Kier molecular flexibility index (Phi) is 2.49. The summed E-state index contributed by atoms with van der Waals surface area (Å²) in [4.78, 5) is 4.04. The van der Waals surface area contributed by atoms with Crippen LogP contribution in [0.3, 0.4) is 0 Å². The molecule has 0 bridgehead atoms. The third kappa shape index (κ3) is 1.88. The smallest absolute Gasteiger partial charge is 0.200 e. The van der Waals surface area contributed by atoms with Gasteiger partial charge >= 0.3 is 0 Å². The van der Waals surface area contributed by atoms with E-state index in [-0.39, 0.29) is 0 Å². The van der Waals surface area contributed by atoms with E-state index < -0.39 is 0 Å². The average Bonchev–Trinajstić information content (AvgIpc) is 2.80. The first-order chi connectivity index (χ1) is 7.20. The minimum atomic E-state index is 0.530. The summed E-state index contributed by atoms with van der Waals surface area (Å²) in [6.07, 6.45) is 2.68. The molecule has 0 fully saturated rings.